The van der Waals surface area contributed by atoms with E-state index < -0.39 is 0 Å². The Hall–Kier alpha value is -4.16. The van der Waals surface area contributed by atoms with Crippen molar-refractivity contribution in [3.63, 3.8) is 0 Å². The lowest BCUT2D eigenvalue weighted by atomic mass is 9.94. The molecule has 3 heterocycles. The highest BCUT2D eigenvalue weighted by molar-refractivity contribution is 6.32. The topological polar surface area (TPSA) is 72.9 Å². The molecular formula is C27H21ClN4O2. The van der Waals surface area contributed by atoms with Crippen LogP contribution in [0.15, 0.2) is 90.4 Å². The average Bonchev–Trinajstić information content (AvgIpc) is 3.18. The van der Waals surface area contributed by atoms with Crippen molar-refractivity contribution in [2.24, 2.45) is 7.05 Å². The predicted molar refractivity (Wildman–Crippen MR) is 134 cm³/mol. The van der Waals surface area contributed by atoms with E-state index in [1.54, 1.807) is 50.2 Å². The first-order valence-electron chi connectivity index (χ1n) is 10.7. The quantitative estimate of drug-likeness (QED) is 0.370. The van der Waals surface area contributed by atoms with Crippen LogP contribution in [0.4, 0.5) is 0 Å². The highest BCUT2D eigenvalue weighted by Gasteiger charge is 2.16. The van der Waals surface area contributed by atoms with Gasteiger partial charge in [-0.25, -0.2) is 4.79 Å². The maximum Gasteiger partial charge on any atom is 0.332 e. The second kappa shape index (κ2) is 8.65. The molecule has 0 radical (unpaired) electrons. The number of rotatable bonds is 4. The smallest absolute Gasteiger partial charge is 0.332 e. The number of aryl methyl sites for hydroxylation is 2. The van der Waals surface area contributed by atoms with Crippen molar-refractivity contribution >= 4 is 11.6 Å². The molecule has 1 N–H and O–H groups in total. The molecule has 5 aromatic rings. The van der Waals surface area contributed by atoms with Crippen LogP contribution in [0.3, 0.4) is 0 Å². The van der Waals surface area contributed by atoms with E-state index in [0.717, 1.165) is 27.9 Å². The Morgan fingerprint density at radius 3 is 2.18 bits per heavy atom. The van der Waals surface area contributed by atoms with Crippen LogP contribution in [-0.2, 0) is 7.05 Å². The fourth-order valence-electron chi connectivity index (χ4n) is 4.01. The third-order valence-electron chi connectivity index (χ3n) is 5.77. The number of benzene rings is 2. The van der Waals surface area contributed by atoms with E-state index in [1.165, 1.54) is 9.13 Å². The fraction of sp³-hybridized carbons (Fsp3) is 0.0741. The van der Waals surface area contributed by atoms with Crippen molar-refractivity contribution in [3.8, 4) is 44.9 Å². The van der Waals surface area contributed by atoms with Gasteiger partial charge in [0.15, 0.2) is 0 Å². The van der Waals surface area contributed by atoms with Gasteiger partial charge < -0.3 is 9.67 Å². The summed E-state index contributed by atoms with van der Waals surface area (Å²) in [6.45, 7) is 1.98. The second-order valence-corrected chi connectivity index (χ2v) is 8.51. The van der Waals surface area contributed by atoms with E-state index in [-0.39, 0.29) is 11.4 Å². The molecule has 6 nitrogen and oxygen atoms in total. The van der Waals surface area contributed by atoms with Gasteiger partial charge in [-0.1, -0.05) is 17.7 Å². The molecule has 0 spiro atoms. The summed E-state index contributed by atoms with van der Waals surface area (Å²) in [5.74, 6) is 0.151. The van der Waals surface area contributed by atoms with Gasteiger partial charge in [0.25, 0.3) is 0 Å². The molecule has 34 heavy (non-hydrogen) atoms. The standard InChI is InChI=1S/C27H21ClN4O2/c1-17-13-21(19-3-4-25(23(28)15-19)32-12-11-31(2)27(32)34)26(33)22(14-17)20-7-10-30-24(16-20)18-5-8-29-9-6-18/h3-16,33H,1-2H3. The van der Waals surface area contributed by atoms with Crippen molar-refractivity contribution in [1.29, 1.82) is 0 Å². The van der Waals surface area contributed by atoms with Crippen LogP contribution in [0.5, 0.6) is 5.75 Å². The summed E-state index contributed by atoms with van der Waals surface area (Å²) in [7, 11) is 1.69. The molecule has 2 aromatic carbocycles. The van der Waals surface area contributed by atoms with Gasteiger partial charge >= 0.3 is 5.69 Å². The monoisotopic (exact) mass is 468 g/mol. The third kappa shape index (κ3) is 3.89. The van der Waals surface area contributed by atoms with Crippen LogP contribution in [-0.4, -0.2) is 24.2 Å². The Kier molecular flexibility index (Phi) is 5.51. The van der Waals surface area contributed by atoms with Crippen molar-refractivity contribution in [1.82, 2.24) is 19.1 Å². The van der Waals surface area contributed by atoms with Crippen LogP contribution in [0.1, 0.15) is 5.56 Å². The number of aromatic nitrogens is 4. The van der Waals surface area contributed by atoms with Gasteiger partial charge in [-0.05, 0) is 72.1 Å². The van der Waals surface area contributed by atoms with Gasteiger partial charge in [-0.2, -0.15) is 0 Å². The number of nitrogens with zero attached hydrogens (tertiary/aromatic N) is 4. The van der Waals surface area contributed by atoms with E-state index in [0.29, 0.717) is 21.8 Å². The van der Waals surface area contributed by atoms with E-state index in [9.17, 15) is 9.90 Å². The van der Waals surface area contributed by atoms with Crippen LogP contribution < -0.4 is 5.69 Å². The minimum absolute atomic E-state index is 0.151. The third-order valence-corrected chi connectivity index (χ3v) is 6.07. The zero-order valence-electron chi connectivity index (χ0n) is 18.6. The van der Waals surface area contributed by atoms with E-state index >= 15 is 0 Å². The van der Waals surface area contributed by atoms with Crippen molar-refractivity contribution in [2.75, 3.05) is 0 Å². The highest BCUT2D eigenvalue weighted by atomic mass is 35.5. The molecule has 0 aliphatic carbocycles. The number of hydrogen-bond donors (Lipinski definition) is 1. The molecule has 7 heteroatoms. The first kappa shape index (κ1) is 21.7. The van der Waals surface area contributed by atoms with Crippen molar-refractivity contribution in [3.05, 3.63) is 107 Å². The van der Waals surface area contributed by atoms with Gasteiger partial charge in [0.2, 0.25) is 0 Å². The summed E-state index contributed by atoms with van der Waals surface area (Å²) in [5, 5.41) is 11.7. The Morgan fingerprint density at radius 1 is 0.853 bits per heavy atom. The maximum atomic E-state index is 12.3. The SMILES string of the molecule is Cc1cc(-c2ccnc(-c3ccncc3)c2)c(O)c(-c2ccc(-n3ccn(C)c3=O)c(Cl)c2)c1. The van der Waals surface area contributed by atoms with Gasteiger partial charge in [0.1, 0.15) is 5.75 Å². The van der Waals surface area contributed by atoms with Gasteiger partial charge in [0.05, 0.1) is 16.4 Å². The summed E-state index contributed by atoms with van der Waals surface area (Å²) in [5.41, 5.74) is 6.10. The molecule has 168 valence electrons. The highest BCUT2D eigenvalue weighted by Crippen LogP contribution is 2.41. The molecule has 0 bridgehead atoms. The number of hydrogen-bond acceptors (Lipinski definition) is 4. The molecule has 0 saturated carbocycles. The molecule has 5 rings (SSSR count). The number of halogens is 1. The first-order chi connectivity index (χ1) is 16.4. The molecule has 0 fully saturated rings. The minimum atomic E-state index is -0.182. The van der Waals surface area contributed by atoms with Crippen LogP contribution in [0.25, 0.3) is 39.2 Å². The van der Waals surface area contributed by atoms with Crippen molar-refractivity contribution in [2.45, 2.75) is 6.92 Å². The first-order valence-corrected chi connectivity index (χ1v) is 11.0. The Balaban J connectivity index is 1.59. The lowest BCUT2D eigenvalue weighted by molar-refractivity contribution is 0.479. The number of phenols is 1. The summed E-state index contributed by atoms with van der Waals surface area (Å²) in [6, 6.07) is 16.9. The second-order valence-electron chi connectivity index (χ2n) is 8.10. The molecule has 3 aromatic heterocycles. The largest absolute Gasteiger partial charge is 0.507 e. The van der Waals surface area contributed by atoms with Crippen LogP contribution >= 0.6 is 11.6 Å². The molecule has 0 amide bonds. The molecule has 0 aliphatic rings. The fourth-order valence-corrected chi connectivity index (χ4v) is 4.29. The zero-order valence-corrected chi connectivity index (χ0v) is 19.4. The Labute approximate surface area is 201 Å². The van der Waals surface area contributed by atoms with Gasteiger partial charge in [0, 0.05) is 54.7 Å². The van der Waals surface area contributed by atoms with E-state index in [4.69, 9.17) is 11.6 Å². The summed E-state index contributed by atoms with van der Waals surface area (Å²) >= 11 is 6.57. The van der Waals surface area contributed by atoms with Crippen LogP contribution in [0.2, 0.25) is 5.02 Å². The lowest BCUT2D eigenvalue weighted by Crippen LogP contribution is -2.20. The molecule has 0 atom stereocenters. The van der Waals surface area contributed by atoms with Gasteiger partial charge in [-0.3, -0.25) is 14.5 Å². The summed E-state index contributed by atoms with van der Waals surface area (Å²) in [6.07, 6.45) is 8.54. The molecule has 0 saturated heterocycles. The summed E-state index contributed by atoms with van der Waals surface area (Å²) in [4.78, 5) is 20.9. The lowest BCUT2D eigenvalue weighted by Gasteiger charge is -2.14. The zero-order chi connectivity index (χ0) is 23.8. The van der Waals surface area contributed by atoms with Gasteiger partial charge in [-0.15, -0.1) is 0 Å². The number of aromatic hydroxyl groups is 1. The average molecular weight is 469 g/mol. The number of imidazole rings is 1. The Morgan fingerprint density at radius 2 is 1.53 bits per heavy atom. The Bertz CT molecular complexity index is 1570. The molecule has 0 unspecified atom stereocenters. The summed E-state index contributed by atoms with van der Waals surface area (Å²) < 4.78 is 2.98. The number of pyridine rings is 2. The molecule has 0 aliphatic heterocycles. The number of phenolic OH excluding ortho intramolecular Hbond substituents is 1. The normalized spacial score (nSPS) is 11.0. The maximum absolute atomic E-state index is 12.3. The van der Waals surface area contributed by atoms with E-state index in [2.05, 4.69) is 9.97 Å². The molecular weight excluding hydrogens is 448 g/mol. The van der Waals surface area contributed by atoms with Crippen molar-refractivity contribution < 1.29 is 5.11 Å². The van der Waals surface area contributed by atoms with Crippen LogP contribution in [0, 0.1) is 6.92 Å². The predicted octanol–water partition coefficient (Wildman–Crippen LogP) is 5.63. The minimum Gasteiger partial charge on any atom is -0.507 e. The van der Waals surface area contributed by atoms with E-state index in [1.807, 2.05) is 49.4 Å².